The average molecular weight is 279 g/mol. The minimum atomic E-state index is 0.449. The largest absolute Gasteiger partial charge is 0.389 e. The predicted octanol–water partition coefficient (Wildman–Crippen LogP) is 0.647. The van der Waals surface area contributed by atoms with E-state index in [0.717, 1.165) is 49.3 Å². The first kappa shape index (κ1) is 12.9. The summed E-state index contributed by atoms with van der Waals surface area (Å²) < 4.78 is 1.91. The SMILES string of the molecule is Cc1nn(C)c(N2CCN(C3CC3)CC2)c1C(N)=S. The monoisotopic (exact) mass is 279 g/mol. The summed E-state index contributed by atoms with van der Waals surface area (Å²) in [7, 11) is 1.97. The number of thiocarbonyl (C=S) groups is 1. The van der Waals surface area contributed by atoms with Gasteiger partial charge in [-0.2, -0.15) is 5.10 Å². The molecule has 104 valence electrons. The Morgan fingerprint density at radius 2 is 1.89 bits per heavy atom. The maximum atomic E-state index is 5.86. The first-order valence-electron chi connectivity index (χ1n) is 6.90. The summed E-state index contributed by atoms with van der Waals surface area (Å²) in [6, 6.07) is 0.852. The van der Waals surface area contributed by atoms with Crippen LogP contribution < -0.4 is 10.6 Å². The van der Waals surface area contributed by atoms with E-state index in [1.54, 1.807) is 0 Å². The third kappa shape index (κ3) is 2.34. The number of anilines is 1. The molecule has 0 unspecified atom stereocenters. The van der Waals surface area contributed by atoms with E-state index in [9.17, 15) is 0 Å². The maximum Gasteiger partial charge on any atom is 0.137 e. The summed E-state index contributed by atoms with van der Waals surface area (Å²) >= 11 is 5.18. The van der Waals surface area contributed by atoms with Gasteiger partial charge in [0.25, 0.3) is 0 Å². The fourth-order valence-electron chi connectivity index (χ4n) is 3.04. The van der Waals surface area contributed by atoms with Gasteiger partial charge in [-0.15, -0.1) is 0 Å². The lowest BCUT2D eigenvalue weighted by Crippen LogP contribution is -2.48. The summed E-state index contributed by atoms with van der Waals surface area (Å²) in [4.78, 5) is 5.42. The van der Waals surface area contributed by atoms with Gasteiger partial charge >= 0.3 is 0 Å². The molecule has 0 amide bonds. The molecule has 2 fully saturated rings. The first-order chi connectivity index (χ1) is 9.08. The standard InChI is InChI=1S/C13H21N5S/c1-9-11(12(14)19)13(16(2)15-9)18-7-5-17(6-8-18)10-3-4-10/h10H,3-8H2,1-2H3,(H2,14,19). The van der Waals surface area contributed by atoms with Crippen molar-refractivity contribution in [1.82, 2.24) is 14.7 Å². The van der Waals surface area contributed by atoms with Crippen molar-refractivity contribution in [2.75, 3.05) is 31.1 Å². The molecule has 0 atom stereocenters. The van der Waals surface area contributed by atoms with Crippen LogP contribution in [-0.4, -0.2) is 51.9 Å². The second-order valence-electron chi connectivity index (χ2n) is 5.53. The van der Waals surface area contributed by atoms with E-state index in [0.29, 0.717) is 4.99 Å². The van der Waals surface area contributed by atoms with Crippen LogP contribution in [0.1, 0.15) is 24.1 Å². The van der Waals surface area contributed by atoms with Gasteiger partial charge < -0.3 is 10.6 Å². The fourth-order valence-corrected chi connectivity index (χ4v) is 3.27. The van der Waals surface area contributed by atoms with Crippen molar-refractivity contribution in [3.63, 3.8) is 0 Å². The van der Waals surface area contributed by atoms with Gasteiger partial charge in [0, 0.05) is 39.3 Å². The number of hydrogen-bond donors (Lipinski definition) is 1. The number of nitrogens with zero attached hydrogens (tertiary/aromatic N) is 4. The smallest absolute Gasteiger partial charge is 0.137 e. The van der Waals surface area contributed by atoms with Crippen molar-refractivity contribution < 1.29 is 0 Å². The van der Waals surface area contributed by atoms with E-state index >= 15 is 0 Å². The quantitative estimate of drug-likeness (QED) is 0.823. The van der Waals surface area contributed by atoms with E-state index in [2.05, 4.69) is 14.9 Å². The lowest BCUT2D eigenvalue weighted by molar-refractivity contribution is 0.247. The molecule has 0 radical (unpaired) electrons. The molecule has 0 bridgehead atoms. The lowest BCUT2D eigenvalue weighted by atomic mass is 10.2. The normalized spacial score (nSPS) is 20.8. The Bertz CT molecular complexity index is 497. The zero-order valence-corrected chi connectivity index (χ0v) is 12.4. The summed E-state index contributed by atoms with van der Waals surface area (Å²) in [6.07, 6.45) is 2.76. The summed E-state index contributed by atoms with van der Waals surface area (Å²) in [6.45, 7) is 6.30. The van der Waals surface area contributed by atoms with Crippen LogP contribution in [-0.2, 0) is 7.05 Å². The maximum absolute atomic E-state index is 5.86. The fraction of sp³-hybridized carbons (Fsp3) is 0.692. The number of hydrogen-bond acceptors (Lipinski definition) is 4. The van der Waals surface area contributed by atoms with E-state index < -0.39 is 0 Å². The van der Waals surface area contributed by atoms with Gasteiger partial charge in [-0.05, 0) is 19.8 Å². The molecule has 0 aromatic carbocycles. The number of rotatable bonds is 3. The minimum Gasteiger partial charge on any atom is -0.389 e. The summed E-state index contributed by atoms with van der Waals surface area (Å²) in [5.41, 5.74) is 7.73. The highest BCUT2D eigenvalue weighted by Crippen LogP contribution is 2.29. The Hall–Kier alpha value is -1.14. The number of aromatic nitrogens is 2. The van der Waals surface area contributed by atoms with Crippen molar-refractivity contribution in [3.05, 3.63) is 11.3 Å². The zero-order chi connectivity index (χ0) is 13.6. The van der Waals surface area contributed by atoms with E-state index in [1.165, 1.54) is 12.8 Å². The van der Waals surface area contributed by atoms with Gasteiger partial charge in [0.15, 0.2) is 0 Å². The molecular formula is C13H21N5S. The molecule has 2 aliphatic rings. The molecule has 2 heterocycles. The second-order valence-corrected chi connectivity index (χ2v) is 5.97. The van der Waals surface area contributed by atoms with Crippen LogP contribution in [0.25, 0.3) is 0 Å². The third-order valence-corrected chi connectivity index (χ3v) is 4.32. The molecule has 6 heteroatoms. The highest BCUT2D eigenvalue weighted by atomic mass is 32.1. The summed E-state index contributed by atoms with van der Waals surface area (Å²) in [5, 5.41) is 4.47. The van der Waals surface area contributed by atoms with Crippen LogP contribution in [0.5, 0.6) is 0 Å². The molecule has 1 aliphatic carbocycles. The molecule has 0 spiro atoms. The number of nitrogens with two attached hydrogens (primary N) is 1. The minimum absolute atomic E-state index is 0.449. The van der Waals surface area contributed by atoms with Gasteiger partial charge in [-0.1, -0.05) is 12.2 Å². The van der Waals surface area contributed by atoms with Crippen molar-refractivity contribution in [2.24, 2.45) is 12.8 Å². The Balaban J connectivity index is 1.80. The zero-order valence-electron chi connectivity index (χ0n) is 11.6. The Morgan fingerprint density at radius 3 is 2.42 bits per heavy atom. The molecule has 3 rings (SSSR count). The molecule has 19 heavy (non-hydrogen) atoms. The second kappa shape index (κ2) is 4.76. The molecular weight excluding hydrogens is 258 g/mol. The van der Waals surface area contributed by atoms with E-state index in [1.807, 2.05) is 18.7 Å². The van der Waals surface area contributed by atoms with Crippen LogP contribution in [0.2, 0.25) is 0 Å². The van der Waals surface area contributed by atoms with Crippen molar-refractivity contribution in [1.29, 1.82) is 0 Å². The van der Waals surface area contributed by atoms with Crippen LogP contribution >= 0.6 is 12.2 Å². The Kier molecular flexibility index (Phi) is 3.22. The van der Waals surface area contributed by atoms with Crippen LogP contribution in [0.15, 0.2) is 0 Å². The average Bonchev–Trinajstić information content (AvgIpc) is 3.15. The number of piperazine rings is 1. The van der Waals surface area contributed by atoms with Gasteiger partial charge in [-0.25, -0.2) is 0 Å². The van der Waals surface area contributed by atoms with Gasteiger partial charge in [0.2, 0.25) is 0 Å². The van der Waals surface area contributed by atoms with Gasteiger partial charge in [-0.3, -0.25) is 9.58 Å². The van der Waals surface area contributed by atoms with E-state index in [4.69, 9.17) is 18.0 Å². The molecule has 2 N–H and O–H groups in total. The van der Waals surface area contributed by atoms with Crippen LogP contribution in [0.4, 0.5) is 5.82 Å². The first-order valence-corrected chi connectivity index (χ1v) is 7.31. The Labute approximate surface area is 119 Å². The molecule has 1 aromatic heterocycles. The van der Waals surface area contributed by atoms with Crippen molar-refractivity contribution >= 4 is 23.0 Å². The van der Waals surface area contributed by atoms with E-state index in [-0.39, 0.29) is 0 Å². The van der Waals surface area contributed by atoms with Crippen molar-refractivity contribution in [3.8, 4) is 0 Å². The van der Waals surface area contributed by atoms with Crippen molar-refractivity contribution in [2.45, 2.75) is 25.8 Å². The Morgan fingerprint density at radius 1 is 1.26 bits per heavy atom. The topological polar surface area (TPSA) is 50.3 Å². The molecule has 5 nitrogen and oxygen atoms in total. The van der Waals surface area contributed by atoms with Gasteiger partial charge in [0.05, 0.1) is 11.3 Å². The summed E-state index contributed by atoms with van der Waals surface area (Å²) in [5.74, 6) is 1.08. The van der Waals surface area contributed by atoms with Crippen LogP contribution in [0, 0.1) is 6.92 Å². The molecule has 1 saturated heterocycles. The van der Waals surface area contributed by atoms with Crippen LogP contribution in [0.3, 0.4) is 0 Å². The number of aryl methyl sites for hydroxylation is 2. The third-order valence-electron chi connectivity index (χ3n) is 4.12. The molecule has 1 saturated carbocycles. The molecule has 1 aromatic rings. The predicted molar refractivity (Wildman–Crippen MR) is 80.6 cm³/mol. The lowest BCUT2D eigenvalue weighted by Gasteiger charge is -2.36. The molecule has 1 aliphatic heterocycles. The van der Waals surface area contributed by atoms with Gasteiger partial charge in [0.1, 0.15) is 10.8 Å². The highest BCUT2D eigenvalue weighted by Gasteiger charge is 2.32. The highest BCUT2D eigenvalue weighted by molar-refractivity contribution is 7.80.